The second-order valence-electron chi connectivity index (χ2n) is 4.44. The SMILES string of the molecule is CNCC(C)(CCCOC)C(C)C. The molecule has 0 aromatic rings. The van der Waals surface area contributed by atoms with Gasteiger partial charge in [0.1, 0.15) is 0 Å². The summed E-state index contributed by atoms with van der Waals surface area (Å²) in [7, 11) is 3.79. The van der Waals surface area contributed by atoms with Crippen LogP contribution in [0.4, 0.5) is 0 Å². The van der Waals surface area contributed by atoms with Gasteiger partial charge in [0, 0.05) is 20.3 Å². The Morgan fingerprint density at radius 3 is 2.38 bits per heavy atom. The van der Waals surface area contributed by atoms with Crippen LogP contribution in [0.2, 0.25) is 0 Å². The molecule has 0 fully saturated rings. The van der Waals surface area contributed by atoms with Gasteiger partial charge >= 0.3 is 0 Å². The highest BCUT2D eigenvalue weighted by Crippen LogP contribution is 2.31. The van der Waals surface area contributed by atoms with E-state index in [9.17, 15) is 0 Å². The summed E-state index contributed by atoms with van der Waals surface area (Å²) in [5.41, 5.74) is 0.410. The van der Waals surface area contributed by atoms with E-state index < -0.39 is 0 Å². The number of rotatable bonds is 7. The smallest absolute Gasteiger partial charge is 0.0462 e. The number of nitrogens with one attached hydrogen (secondary N) is 1. The summed E-state index contributed by atoms with van der Waals surface area (Å²) in [5.74, 6) is 0.719. The minimum atomic E-state index is 0.410. The first-order valence-corrected chi connectivity index (χ1v) is 5.20. The predicted molar refractivity (Wildman–Crippen MR) is 58.0 cm³/mol. The van der Waals surface area contributed by atoms with E-state index in [0.29, 0.717) is 5.41 Å². The van der Waals surface area contributed by atoms with Crippen molar-refractivity contribution in [2.24, 2.45) is 11.3 Å². The lowest BCUT2D eigenvalue weighted by atomic mass is 9.75. The molecule has 2 nitrogen and oxygen atoms in total. The van der Waals surface area contributed by atoms with Crippen molar-refractivity contribution in [2.75, 3.05) is 27.3 Å². The van der Waals surface area contributed by atoms with Crippen molar-refractivity contribution in [1.82, 2.24) is 5.32 Å². The van der Waals surface area contributed by atoms with Crippen molar-refractivity contribution in [3.8, 4) is 0 Å². The molecule has 0 aromatic heterocycles. The highest BCUT2D eigenvalue weighted by atomic mass is 16.5. The van der Waals surface area contributed by atoms with Crippen LogP contribution in [0.3, 0.4) is 0 Å². The van der Waals surface area contributed by atoms with Gasteiger partial charge in [-0.3, -0.25) is 0 Å². The van der Waals surface area contributed by atoms with Crippen LogP contribution >= 0.6 is 0 Å². The molecule has 0 rings (SSSR count). The topological polar surface area (TPSA) is 21.3 Å². The molecule has 0 aliphatic rings. The van der Waals surface area contributed by atoms with Crippen LogP contribution in [0.15, 0.2) is 0 Å². The lowest BCUT2D eigenvalue weighted by molar-refractivity contribution is 0.144. The maximum atomic E-state index is 5.07. The van der Waals surface area contributed by atoms with E-state index in [4.69, 9.17) is 4.74 Å². The average Bonchev–Trinajstić information content (AvgIpc) is 2.05. The highest BCUT2D eigenvalue weighted by molar-refractivity contribution is 4.79. The molecule has 0 spiro atoms. The van der Waals surface area contributed by atoms with Crippen LogP contribution in [0.1, 0.15) is 33.6 Å². The number of ether oxygens (including phenoxy) is 1. The van der Waals surface area contributed by atoms with Crippen molar-refractivity contribution in [1.29, 1.82) is 0 Å². The maximum absolute atomic E-state index is 5.07. The van der Waals surface area contributed by atoms with E-state index in [1.54, 1.807) is 7.11 Å². The summed E-state index contributed by atoms with van der Waals surface area (Å²) in [6, 6.07) is 0. The summed E-state index contributed by atoms with van der Waals surface area (Å²) >= 11 is 0. The highest BCUT2D eigenvalue weighted by Gasteiger charge is 2.26. The summed E-state index contributed by atoms with van der Waals surface area (Å²) in [5, 5.41) is 3.28. The molecule has 0 bridgehead atoms. The van der Waals surface area contributed by atoms with Crippen LogP contribution in [0, 0.1) is 11.3 Å². The van der Waals surface area contributed by atoms with E-state index >= 15 is 0 Å². The van der Waals surface area contributed by atoms with Gasteiger partial charge in [0.25, 0.3) is 0 Å². The van der Waals surface area contributed by atoms with E-state index in [2.05, 4.69) is 26.1 Å². The summed E-state index contributed by atoms with van der Waals surface area (Å²) < 4.78 is 5.07. The van der Waals surface area contributed by atoms with Crippen molar-refractivity contribution < 1.29 is 4.74 Å². The Bertz CT molecular complexity index is 125. The van der Waals surface area contributed by atoms with Crippen LogP contribution in [-0.2, 0) is 4.74 Å². The number of methoxy groups -OCH3 is 1. The summed E-state index contributed by atoms with van der Waals surface area (Å²) in [4.78, 5) is 0. The Morgan fingerprint density at radius 2 is 2.00 bits per heavy atom. The Hall–Kier alpha value is -0.0800. The van der Waals surface area contributed by atoms with Gasteiger partial charge in [-0.25, -0.2) is 0 Å². The average molecular weight is 187 g/mol. The third-order valence-corrected chi connectivity index (χ3v) is 3.07. The van der Waals surface area contributed by atoms with Gasteiger partial charge in [-0.1, -0.05) is 20.8 Å². The zero-order chi connectivity index (χ0) is 10.3. The fourth-order valence-electron chi connectivity index (χ4n) is 1.61. The molecule has 0 aromatic carbocycles. The van der Waals surface area contributed by atoms with Gasteiger partial charge in [-0.2, -0.15) is 0 Å². The van der Waals surface area contributed by atoms with Gasteiger partial charge in [-0.15, -0.1) is 0 Å². The van der Waals surface area contributed by atoms with E-state index in [1.165, 1.54) is 6.42 Å². The zero-order valence-corrected chi connectivity index (χ0v) is 9.81. The Morgan fingerprint density at radius 1 is 1.38 bits per heavy atom. The summed E-state index contributed by atoms with van der Waals surface area (Å²) in [6.45, 7) is 8.92. The minimum absolute atomic E-state index is 0.410. The Kier molecular flexibility index (Phi) is 6.35. The molecule has 0 aliphatic heterocycles. The normalized spacial score (nSPS) is 16.2. The second-order valence-corrected chi connectivity index (χ2v) is 4.44. The molecule has 2 heteroatoms. The van der Waals surface area contributed by atoms with Crippen molar-refractivity contribution in [3.63, 3.8) is 0 Å². The van der Waals surface area contributed by atoms with Crippen LogP contribution < -0.4 is 5.32 Å². The van der Waals surface area contributed by atoms with Gasteiger partial charge < -0.3 is 10.1 Å². The molecule has 13 heavy (non-hydrogen) atoms. The number of hydrogen-bond acceptors (Lipinski definition) is 2. The third-order valence-electron chi connectivity index (χ3n) is 3.07. The fraction of sp³-hybridized carbons (Fsp3) is 1.00. The van der Waals surface area contributed by atoms with E-state index in [-0.39, 0.29) is 0 Å². The molecule has 80 valence electrons. The zero-order valence-electron chi connectivity index (χ0n) is 9.81. The first-order valence-electron chi connectivity index (χ1n) is 5.20. The predicted octanol–water partition coefficient (Wildman–Crippen LogP) is 2.29. The second kappa shape index (κ2) is 6.39. The van der Waals surface area contributed by atoms with Crippen LogP contribution in [0.5, 0.6) is 0 Å². The molecular weight excluding hydrogens is 162 g/mol. The lowest BCUT2D eigenvalue weighted by Gasteiger charge is -2.33. The molecule has 0 amide bonds. The molecule has 0 aliphatic carbocycles. The molecule has 0 saturated heterocycles. The quantitative estimate of drug-likeness (QED) is 0.617. The fourth-order valence-corrected chi connectivity index (χ4v) is 1.61. The standard InChI is InChI=1S/C11H25NO/c1-10(2)11(3,9-12-4)7-6-8-13-5/h10,12H,6-9H2,1-5H3. The first-order chi connectivity index (χ1) is 6.06. The monoisotopic (exact) mass is 187 g/mol. The largest absolute Gasteiger partial charge is 0.385 e. The molecule has 1 unspecified atom stereocenters. The lowest BCUT2D eigenvalue weighted by Crippen LogP contribution is -2.34. The third kappa shape index (κ3) is 4.63. The van der Waals surface area contributed by atoms with Crippen molar-refractivity contribution in [2.45, 2.75) is 33.6 Å². The molecule has 0 heterocycles. The van der Waals surface area contributed by atoms with Gasteiger partial charge in [0.05, 0.1) is 0 Å². The van der Waals surface area contributed by atoms with E-state index in [1.807, 2.05) is 7.05 Å². The van der Waals surface area contributed by atoms with Gasteiger partial charge in [0.15, 0.2) is 0 Å². The van der Waals surface area contributed by atoms with E-state index in [0.717, 1.165) is 25.5 Å². The first kappa shape index (κ1) is 12.9. The Balaban J connectivity index is 3.92. The molecular formula is C11H25NO. The molecule has 0 saturated carbocycles. The Labute approximate surface area is 83.1 Å². The molecule has 0 radical (unpaired) electrons. The summed E-state index contributed by atoms with van der Waals surface area (Å²) in [6.07, 6.45) is 2.40. The van der Waals surface area contributed by atoms with Crippen molar-refractivity contribution >= 4 is 0 Å². The molecule has 1 atom stereocenters. The minimum Gasteiger partial charge on any atom is -0.385 e. The van der Waals surface area contributed by atoms with Gasteiger partial charge in [0.2, 0.25) is 0 Å². The van der Waals surface area contributed by atoms with Gasteiger partial charge in [-0.05, 0) is 31.2 Å². The maximum Gasteiger partial charge on any atom is 0.0462 e. The van der Waals surface area contributed by atoms with Crippen molar-refractivity contribution in [3.05, 3.63) is 0 Å². The van der Waals surface area contributed by atoms with Crippen LogP contribution in [0.25, 0.3) is 0 Å². The number of hydrogen-bond donors (Lipinski definition) is 1. The van der Waals surface area contributed by atoms with Crippen LogP contribution in [-0.4, -0.2) is 27.3 Å². The molecule has 1 N–H and O–H groups in total.